The molecule has 0 saturated heterocycles. The summed E-state index contributed by atoms with van der Waals surface area (Å²) in [6, 6.07) is 10.4. The summed E-state index contributed by atoms with van der Waals surface area (Å²) in [5.41, 5.74) is 0.397. The van der Waals surface area contributed by atoms with Gasteiger partial charge in [0.15, 0.2) is 0 Å². The van der Waals surface area contributed by atoms with E-state index in [4.69, 9.17) is 32.4 Å². The number of nitrogens with zero attached hydrogens (tertiary/aromatic N) is 2. The number of aromatic nitrogens is 2. The number of halogens is 2. The van der Waals surface area contributed by atoms with Crippen molar-refractivity contribution in [1.82, 2.24) is 9.78 Å². The molecule has 26 heavy (non-hydrogen) atoms. The molecule has 5 nitrogen and oxygen atoms in total. The van der Waals surface area contributed by atoms with Crippen molar-refractivity contribution in [2.45, 2.75) is 20.1 Å². The van der Waals surface area contributed by atoms with Crippen LogP contribution in [-0.2, 0) is 13.2 Å². The Kier molecular flexibility index (Phi) is 5.81. The van der Waals surface area contributed by atoms with E-state index in [1.54, 1.807) is 53.4 Å². The lowest BCUT2D eigenvalue weighted by Gasteiger charge is -2.06. The highest BCUT2D eigenvalue weighted by Crippen LogP contribution is 2.32. The second kappa shape index (κ2) is 8.25. The van der Waals surface area contributed by atoms with E-state index in [0.717, 1.165) is 6.54 Å². The average Bonchev–Trinajstić information content (AvgIpc) is 3.30. The van der Waals surface area contributed by atoms with E-state index < -0.39 is 0 Å². The molecule has 0 aliphatic carbocycles. The van der Waals surface area contributed by atoms with Gasteiger partial charge in [-0.15, -0.1) is 0 Å². The molecule has 0 radical (unpaired) electrons. The summed E-state index contributed by atoms with van der Waals surface area (Å²) in [4.78, 5) is 12.1. The molecule has 3 rings (SSSR count). The summed E-state index contributed by atoms with van der Waals surface area (Å²) in [6.07, 6.45) is 4.80. The number of ketones is 1. The number of aryl methyl sites for hydroxylation is 1. The van der Waals surface area contributed by atoms with Crippen LogP contribution < -0.4 is 4.74 Å². The number of hydrogen-bond acceptors (Lipinski definition) is 4. The lowest BCUT2D eigenvalue weighted by molar-refractivity contribution is 0.104. The van der Waals surface area contributed by atoms with E-state index in [9.17, 15) is 4.79 Å². The molecule has 7 heteroatoms. The van der Waals surface area contributed by atoms with Gasteiger partial charge in [-0.3, -0.25) is 9.48 Å². The van der Waals surface area contributed by atoms with Crippen molar-refractivity contribution in [1.29, 1.82) is 0 Å². The second-order valence-corrected chi connectivity index (χ2v) is 6.18. The molecule has 0 spiro atoms. The smallest absolute Gasteiger partial charge is 0.206 e. The Labute approximate surface area is 160 Å². The number of ether oxygens (including phenoxy) is 1. The maximum Gasteiger partial charge on any atom is 0.206 e. The van der Waals surface area contributed by atoms with Crippen molar-refractivity contribution < 1.29 is 13.9 Å². The first-order chi connectivity index (χ1) is 12.6. The molecule has 0 aliphatic rings. The fraction of sp³-hybridized carbons (Fsp3) is 0.158. The van der Waals surface area contributed by atoms with E-state index in [0.29, 0.717) is 33.0 Å². The van der Waals surface area contributed by atoms with Crippen LogP contribution >= 0.6 is 23.2 Å². The van der Waals surface area contributed by atoms with Crippen LogP contribution in [-0.4, -0.2) is 15.6 Å². The normalized spacial score (nSPS) is 11.2. The van der Waals surface area contributed by atoms with Crippen LogP contribution in [0, 0.1) is 0 Å². The molecule has 0 bridgehead atoms. The average molecular weight is 391 g/mol. The highest BCUT2D eigenvalue weighted by molar-refractivity contribution is 6.42. The zero-order chi connectivity index (χ0) is 18.5. The molecule has 0 atom stereocenters. The van der Waals surface area contributed by atoms with Crippen LogP contribution in [0.15, 0.2) is 53.1 Å². The molecule has 2 heterocycles. The van der Waals surface area contributed by atoms with Gasteiger partial charge in [0.05, 0.1) is 5.02 Å². The van der Waals surface area contributed by atoms with Crippen LogP contribution in [0.4, 0.5) is 0 Å². The van der Waals surface area contributed by atoms with Crippen LogP contribution in [0.2, 0.25) is 10.0 Å². The van der Waals surface area contributed by atoms with Gasteiger partial charge in [-0.2, -0.15) is 5.10 Å². The minimum Gasteiger partial charge on any atom is -0.484 e. The lowest BCUT2D eigenvalue weighted by atomic mass is 10.2. The first-order valence-corrected chi connectivity index (χ1v) is 8.74. The molecule has 0 N–H and O–H groups in total. The molecule has 3 aromatic rings. The maximum atomic E-state index is 12.1. The third-order valence-electron chi connectivity index (χ3n) is 3.58. The van der Waals surface area contributed by atoms with Gasteiger partial charge in [0.2, 0.25) is 5.78 Å². The van der Waals surface area contributed by atoms with E-state index in [-0.39, 0.29) is 12.4 Å². The number of allylic oxidation sites excluding steroid dienone is 1. The number of benzene rings is 1. The topological polar surface area (TPSA) is 57.3 Å². The van der Waals surface area contributed by atoms with E-state index >= 15 is 0 Å². The Morgan fingerprint density at radius 3 is 2.88 bits per heavy atom. The number of hydrogen-bond donors (Lipinski definition) is 0. The minimum absolute atomic E-state index is 0.183. The molecule has 0 aliphatic heterocycles. The van der Waals surface area contributed by atoms with Gasteiger partial charge in [-0.25, -0.2) is 0 Å². The second-order valence-electron chi connectivity index (χ2n) is 5.40. The summed E-state index contributed by atoms with van der Waals surface area (Å²) in [7, 11) is 0. The van der Waals surface area contributed by atoms with Crippen molar-refractivity contribution >= 4 is 35.1 Å². The molecule has 1 aromatic carbocycles. The van der Waals surface area contributed by atoms with Crippen molar-refractivity contribution in [2.24, 2.45) is 0 Å². The highest BCUT2D eigenvalue weighted by Gasteiger charge is 2.08. The predicted octanol–water partition coefficient (Wildman–Crippen LogP) is 5.28. The maximum absolute atomic E-state index is 12.1. The third kappa shape index (κ3) is 4.36. The van der Waals surface area contributed by atoms with Gasteiger partial charge in [-0.05, 0) is 49.4 Å². The Morgan fingerprint density at radius 2 is 2.12 bits per heavy atom. The van der Waals surface area contributed by atoms with Crippen LogP contribution in [0.25, 0.3) is 6.08 Å². The zero-order valence-electron chi connectivity index (χ0n) is 14.0. The van der Waals surface area contributed by atoms with Gasteiger partial charge in [0.1, 0.15) is 34.6 Å². The van der Waals surface area contributed by atoms with Gasteiger partial charge in [0.25, 0.3) is 0 Å². The van der Waals surface area contributed by atoms with Crippen molar-refractivity contribution in [3.05, 3.63) is 75.9 Å². The Bertz CT molecular complexity index is 944. The van der Waals surface area contributed by atoms with Crippen molar-refractivity contribution in [2.75, 3.05) is 0 Å². The Hall–Kier alpha value is -2.50. The van der Waals surface area contributed by atoms with Gasteiger partial charge < -0.3 is 9.15 Å². The molecule has 0 unspecified atom stereocenters. The van der Waals surface area contributed by atoms with E-state index in [1.807, 2.05) is 6.92 Å². The fourth-order valence-corrected chi connectivity index (χ4v) is 2.56. The third-order valence-corrected chi connectivity index (χ3v) is 4.39. The van der Waals surface area contributed by atoms with Crippen molar-refractivity contribution in [3.8, 4) is 5.75 Å². The fourth-order valence-electron chi connectivity index (χ4n) is 2.22. The molecular formula is C19H16Cl2N2O3. The number of furan rings is 1. The minimum atomic E-state index is -0.183. The summed E-state index contributed by atoms with van der Waals surface area (Å²) in [6.45, 7) is 2.87. The first kappa shape index (κ1) is 18.3. The van der Waals surface area contributed by atoms with E-state index in [1.165, 1.54) is 6.08 Å². The lowest BCUT2D eigenvalue weighted by Crippen LogP contribution is -1.99. The Balaban J connectivity index is 1.60. The van der Waals surface area contributed by atoms with Crippen LogP contribution in [0.1, 0.15) is 28.9 Å². The quantitative estimate of drug-likeness (QED) is 0.406. The van der Waals surface area contributed by atoms with Gasteiger partial charge in [0, 0.05) is 12.7 Å². The molecule has 0 fully saturated rings. The summed E-state index contributed by atoms with van der Waals surface area (Å²) < 4.78 is 12.9. The zero-order valence-corrected chi connectivity index (χ0v) is 15.5. The molecular weight excluding hydrogens is 375 g/mol. The molecule has 0 amide bonds. The first-order valence-electron chi connectivity index (χ1n) is 7.98. The van der Waals surface area contributed by atoms with E-state index in [2.05, 4.69) is 5.10 Å². The monoisotopic (exact) mass is 390 g/mol. The number of rotatable bonds is 7. The Morgan fingerprint density at radius 1 is 1.27 bits per heavy atom. The largest absolute Gasteiger partial charge is 0.484 e. The predicted molar refractivity (Wildman–Crippen MR) is 101 cm³/mol. The van der Waals surface area contributed by atoms with Crippen molar-refractivity contribution in [3.63, 3.8) is 0 Å². The van der Waals surface area contributed by atoms with Gasteiger partial charge >= 0.3 is 0 Å². The molecule has 2 aromatic heterocycles. The molecule has 134 valence electrons. The summed E-state index contributed by atoms with van der Waals surface area (Å²) >= 11 is 12.0. The SMILES string of the molecule is CCn1ccc(C(=O)/C=C/c2ccc(COc3cccc(Cl)c3Cl)o2)n1. The molecule has 0 saturated carbocycles. The standard InChI is InChI=1S/C19H16Cl2N2O3/c1-2-23-11-10-16(22-23)17(24)9-8-13-6-7-14(26-13)12-25-18-5-3-4-15(20)19(18)21/h3-11H,2,12H2,1H3/b9-8+. The van der Waals surface area contributed by atoms with Crippen LogP contribution in [0.5, 0.6) is 5.75 Å². The number of carbonyl (C=O) groups is 1. The number of carbonyl (C=O) groups excluding carboxylic acids is 1. The van der Waals surface area contributed by atoms with Gasteiger partial charge in [-0.1, -0.05) is 29.3 Å². The summed E-state index contributed by atoms with van der Waals surface area (Å²) in [5.74, 6) is 1.44. The highest BCUT2D eigenvalue weighted by atomic mass is 35.5. The summed E-state index contributed by atoms with van der Waals surface area (Å²) in [5, 5.41) is 4.95. The van der Waals surface area contributed by atoms with Crippen LogP contribution in [0.3, 0.4) is 0 Å².